The summed E-state index contributed by atoms with van der Waals surface area (Å²) in [6, 6.07) is 0. The molecule has 1 saturated carbocycles. The molecule has 0 heterocycles. The van der Waals surface area contributed by atoms with E-state index in [0.717, 1.165) is 32.1 Å². The summed E-state index contributed by atoms with van der Waals surface area (Å²) in [7, 11) is 0. The molecule has 0 atom stereocenters. The molecule has 0 unspecified atom stereocenters. The Bertz CT molecular complexity index is 251. The SMILES string of the molecule is C#CCCCCC(=O)NCC1(N)CCC1. The molecule has 1 rings (SSSR count). The third-order valence-electron chi connectivity index (χ3n) is 2.96. The lowest BCUT2D eigenvalue weighted by atomic mass is 9.78. The highest BCUT2D eigenvalue weighted by molar-refractivity contribution is 5.75. The van der Waals surface area contributed by atoms with Crippen LogP contribution in [0.5, 0.6) is 0 Å². The number of hydrogen-bond acceptors (Lipinski definition) is 2. The molecule has 0 bridgehead atoms. The zero-order valence-electron chi connectivity index (χ0n) is 9.22. The van der Waals surface area contributed by atoms with Crippen molar-refractivity contribution in [3.8, 4) is 12.3 Å². The minimum absolute atomic E-state index is 0.101. The van der Waals surface area contributed by atoms with Crippen LogP contribution in [-0.4, -0.2) is 18.0 Å². The fourth-order valence-corrected chi connectivity index (χ4v) is 1.68. The number of nitrogens with two attached hydrogens (primary N) is 1. The highest BCUT2D eigenvalue weighted by Crippen LogP contribution is 2.27. The lowest BCUT2D eigenvalue weighted by Gasteiger charge is -2.38. The van der Waals surface area contributed by atoms with Gasteiger partial charge in [0.2, 0.25) is 5.91 Å². The van der Waals surface area contributed by atoms with Crippen LogP contribution in [0.4, 0.5) is 0 Å². The Kier molecular flexibility index (Phi) is 4.64. The molecule has 0 saturated heterocycles. The van der Waals surface area contributed by atoms with E-state index in [-0.39, 0.29) is 11.4 Å². The Hall–Kier alpha value is -1.01. The van der Waals surface area contributed by atoms with Gasteiger partial charge < -0.3 is 11.1 Å². The number of unbranched alkanes of at least 4 members (excludes halogenated alkanes) is 2. The molecule has 1 fully saturated rings. The summed E-state index contributed by atoms with van der Waals surface area (Å²) in [6.45, 7) is 0.626. The van der Waals surface area contributed by atoms with Gasteiger partial charge in [-0.25, -0.2) is 0 Å². The molecule has 1 aliphatic rings. The zero-order valence-corrected chi connectivity index (χ0v) is 9.22. The average molecular weight is 208 g/mol. The summed E-state index contributed by atoms with van der Waals surface area (Å²) in [5.74, 6) is 2.66. The van der Waals surface area contributed by atoms with E-state index in [1.54, 1.807) is 0 Å². The van der Waals surface area contributed by atoms with E-state index < -0.39 is 0 Å². The van der Waals surface area contributed by atoms with Gasteiger partial charge in [-0.1, -0.05) is 0 Å². The predicted octanol–water partition coefficient (Wildman–Crippen LogP) is 1.18. The average Bonchev–Trinajstić information content (AvgIpc) is 2.19. The molecule has 0 aromatic heterocycles. The van der Waals surface area contributed by atoms with Crippen LogP contribution in [-0.2, 0) is 4.79 Å². The Balaban J connectivity index is 2.01. The van der Waals surface area contributed by atoms with Crippen molar-refractivity contribution in [1.82, 2.24) is 5.32 Å². The maximum atomic E-state index is 11.4. The van der Waals surface area contributed by atoms with Gasteiger partial charge in [0.1, 0.15) is 0 Å². The standard InChI is InChI=1S/C12H20N2O/c1-2-3-4-5-7-11(15)14-10-12(13)8-6-9-12/h1H,3-10,13H2,(H,14,15). The lowest BCUT2D eigenvalue weighted by molar-refractivity contribution is -0.121. The van der Waals surface area contributed by atoms with Crippen molar-refractivity contribution >= 4 is 5.91 Å². The number of nitrogens with one attached hydrogen (secondary N) is 1. The predicted molar refractivity (Wildman–Crippen MR) is 61.1 cm³/mol. The first-order valence-corrected chi connectivity index (χ1v) is 5.65. The van der Waals surface area contributed by atoms with Crippen LogP contribution in [0.3, 0.4) is 0 Å². The molecular weight excluding hydrogens is 188 g/mol. The number of carbonyl (C=O) groups is 1. The fourth-order valence-electron chi connectivity index (χ4n) is 1.68. The van der Waals surface area contributed by atoms with Crippen LogP contribution in [0, 0.1) is 12.3 Å². The van der Waals surface area contributed by atoms with Crippen LogP contribution in [0.25, 0.3) is 0 Å². The van der Waals surface area contributed by atoms with Crippen molar-refractivity contribution in [1.29, 1.82) is 0 Å². The van der Waals surface area contributed by atoms with Gasteiger partial charge in [-0.05, 0) is 32.1 Å². The molecule has 15 heavy (non-hydrogen) atoms. The molecule has 84 valence electrons. The van der Waals surface area contributed by atoms with E-state index in [0.29, 0.717) is 13.0 Å². The van der Waals surface area contributed by atoms with Crippen molar-refractivity contribution in [2.45, 2.75) is 50.5 Å². The first-order valence-electron chi connectivity index (χ1n) is 5.65. The van der Waals surface area contributed by atoms with E-state index in [4.69, 9.17) is 12.2 Å². The van der Waals surface area contributed by atoms with Crippen molar-refractivity contribution in [2.75, 3.05) is 6.54 Å². The maximum absolute atomic E-state index is 11.4. The maximum Gasteiger partial charge on any atom is 0.220 e. The summed E-state index contributed by atoms with van der Waals surface area (Å²) >= 11 is 0. The van der Waals surface area contributed by atoms with Gasteiger partial charge >= 0.3 is 0 Å². The minimum Gasteiger partial charge on any atom is -0.354 e. The molecule has 0 spiro atoms. The topological polar surface area (TPSA) is 55.1 Å². The summed E-state index contributed by atoms with van der Waals surface area (Å²) < 4.78 is 0. The lowest BCUT2D eigenvalue weighted by Crippen LogP contribution is -2.54. The van der Waals surface area contributed by atoms with Crippen LogP contribution in [0.2, 0.25) is 0 Å². The largest absolute Gasteiger partial charge is 0.354 e. The molecular formula is C12H20N2O. The van der Waals surface area contributed by atoms with Crippen LogP contribution in [0.1, 0.15) is 44.9 Å². The first kappa shape index (κ1) is 12.1. The second kappa shape index (κ2) is 5.77. The van der Waals surface area contributed by atoms with Gasteiger partial charge in [0.25, 0.3) is 0 Å². The molecule has 0 radical (unpaired) electrons. The summed E-state index contributed by atoms with van der Waals surface area (Å²) in [6.07, 6.45) is 11.5. The molecule has 0 aromatic carbocycles. The van der Waals surface area contributed by atoms with E-state index >= 15 is 0 Å². The van der Waals surface area contributed by atoms with Gasteiger partial charge in [-0.15, -0.1) is 12.3 Å². The fraction of sp³-hybridized carbons (Fsp3) is 0.750. The van der Waals surface area contributed by atoms with Gasteiger partial charge in [-0.3, -0.25) is 4.79 Å². The van der Waals surface area contributed by atoms with Crippen molar-refractivity contribution in [3.63, 3.8) is 0 Å². The molecule has 0 aliphatic heterocycles. The Morgan fingerprint density at radius 2 is 2.20 bits per heavy atom. The molecule has 3 heteroatoms. The summed E-state index contributed by atoms with van der Waals surface area (Å²) in [5.41, 5.74) is 5.87. The van der Waals surface area contributed by atoms with Crippen LogP contribution >= 0.6 is 0 Å². The van der Waals surface area contributed by atoms with E-state index in [9.17, 15) is 4.79 Å². The molecule has 1 amide bonds. The van der Waals surface area contributed by atoms with Gasteiger partial charge in [-0.2, -0.15) is 0 Å². The molecule has 0 aromatic rings. The van der Waals surface area contributed by atoms with Gasteiger partial charge in [0, 0.05) is 24.9 Å². The first-order chi connectivity index (χ1) is 7.16. The van der Waals surface area contributed by atoms with Crippen LogP contribution < -0.4 is 11.1 Å². The highest BCUT2D eigenvalue weighted by atomic mass is 16.1. The van der Waals surface area contributed by atoms with Crippen molar-refractivity contribution in [3.05, 3.63) is 0 Å². The Labute approximate surface area is 91.8 Å². The normalized spacial score (nSPS) is 17.6. The number of carbonyl (C=O) groups excluding carboxylic acids is 1. The van der Waals surface area contributed by atoms with Crippen LogP contribution in [0.15, 0.2) is 0 Å². The highest BCUT2D eigenvalue weighted by Gasteiger charge is 2.32. The van der Waals surface area contributed by atoms with Crippen molar-refractivity contribution < 1.29 is 4.79 Å². The number of terminal acetylenes is 1. The second-order valence-electron chi connectivity index (χ2n) is 4.40. The number of amides is 1. The summed E-state index contributed by atoms with van der Waals surface area (Å²) in [5, 5.41) is 2.89. The molecule has 3 nitrogen and oxygen atoms in total. The summed E-state index contributed by atoms with van der Waals surface area (Å²) in [4.78, 5) is 11.4. The van der Waals surface area contributed by atoms with Crippen molar-refractivity contribution in [2.24, 2.45) is 5.73 Å². The molecule has 3 N–H and O–H groups in total. The smallest absolute Gasteiger partial charge is 0.220 e. The minimum atomic E-state index is -0.117. The quantitative estimate of drug-likeness (QED) is 0.508. The molecule has 1 aliphatic carbocycles. The van der Waals surface area contributed by atoms with E-state index in [1.165, 1.54) is 6.42 Å². The third-order valence-corrected chi connectivity index (χ3v) is 2.96. The monoisotopic (exact) mass is 208 g/mol. The van der Waals surface area contributed by atoms with E-state index in [1.807, 2.05) is 0 Å². The zero-order chi connectivity index (χ0) is 11.1. The van der Waals surface area contributed by atoms with Gasteiger partial charge in [0.15, 0.2) is 0 Å². The second-order valence-corrected chi connectivity index (χ2v) is 4.40. The third kappa shape index (κ3) is 4.35. The Morgan fingerprint density at radius 1 is 1.47 bits per heavy atom. The number of hydrogen-bond donors (Lipinski definition) is 2. The number of rotatable bonds is 6. The van der Waals surface area contributed by atoms with Gasteiger partial charge in [0.05, 0.1) is 0 Å². The van der Waals surface area contributed by atoms with E-state index in [2.05, 4.69) is 11.2 Å². The Morgan fingerprint density at radius 3 is 2.73 bits per heavy atom.